The number of pyridine rings is 1. The number of likely N-dealkylation sites (tertiary alicyclic amines) is 1. The Balaban J connectivity index is 1.24. The second-order valence-corrected chi connectivity index (χ2v) is 8.15. The van der Waals surface area contributed by atoms with Crippen LogP contribution in [0.25, 0.3) is 0 Å². The lowest BCUT2D eigenvalue weighted by molar-refractivity contribution is -0.123. The fourth-order valence-electron chi connectivity index (χ4n) is 4.56. The van der Waals surface area contributed by atoms with Gasteiger partial charge in [-0.1, -0.05) is 19.3 Å². The van der Waals surface area contributed by atoms with E-state index in [0.29, 0.717) is 12.6 Å². The number of amides is 3. The summed E-state index contributed by atoms with van der Waals surface area (Å²) < 4.78 is 0. The Morgan fingerprint density at radius 1 is 1.19 bits per heavy atom. The van der Waals surface area contributed by atoms with E-state index in [4.69, 9.17) is 0 Å². The van der Waals surface area contributed by atoms with Gasteiger partial charge in [-0.3, -0.25) is 9.78 Å². The molecule has 0 unspecified atom stereocenters. The summed E-state index contributed by atoms with van der Waals surface area (Å²) in [5.41, 5.74) is 1.08. The molecule has 0 aromatic carbocycles. The zero-order chi connectivity index (χ0) is 18.0. The number of nitrogens with zero attached hydrogens (tertiary/aromatic N) is 2. The fourth-order valence-corrected chi connectivity index (χ4v) is 4.56. The minimum atomic E-state index is 0.0201. The first-order valence-electron chi connectivity index (χ1n) is 9.88. The molecule has 140 valence electrons. The van der Waals surface area contributed by atoms with E-state index >= 15 is 0 Å². The highest BCUT2D eigenvalue weighted by Crippen LogP contribution is 2.58. The number of hydrogen-bond acceptors (Lipinski definition) is 3. The van der Waals surface area contributed by atoms with Crippen molar-refractivity contribution in [1.82, 2.24) is 20.5 Å². The first kappa shape index (κ1) is 17.3. The average Bonchev–Trinajstić information content (AvgIpc) is 3.21. The van der Waals surface area contributed by atoms with Crippen LogP contribution in [0.4, 0.5) is 4.79 Å². The second-order valence-electron chi connectivity index (χ2n) is 8.15. The first-order valence-corrected chi connectivity index (χ1v) is 9.88. The second kappa shape index (κ2) is 7.25. The molecule has 1 aliphatic heterocycles. The maximum absolute atomic E-state index is 12.5. The number of carbonyl (C=O) groups excluding carboxylic acids is 2. The van der Waals surface area contributed by atoms with Crippen LogP contribution in [0.5, 0.6) is 0 Å². The van der Waals surface area contributed by atoms with E-state index in [2.05, 4.69) is 15.6 Å². The van der Waals surface area contributed by atoms with Crippen molar-refractivity contribution >= 4 is 11.9 Å². The van der Waals surface area contributed by atoms with Crippen LogP contribution in [0, 0.1) is 11.3 Å². The lowest BCUT2D eigenvalue weighted by Gasteiger charge is -2.26. The highest BCUT2D eigenvalue weighted by molar-refractivity contribution is 5.83. The largest absolute Gasteiger partial charge is 0.352 e. The van der Waals surface area contributed by atoms with Gasteiger partial charge in [0.1, 0.15) is 0 Å². The number of rotatable bonds is 4. The molecular formula is C20H28N4O2. The van der Waals surface area contributed by atoms with Crippen LogP contribution in [-0.2, 0) is 11.3 Å². The van der Waals surface area contributed by atoms with Crippen molar-refractivity contribution in [2.75, 3.05) is 13.1 Å². The number of carbonyl (C=O) groups is 2. The van der Waals surface area contributed by atoms with Crippen LogP contribution in [0.3, 0.4) is 0 Å². The van der Waals surface area contributed by atoms with Gasteiger partial charge in [0.2, 0.25) is 5.91 Å². The summed E-state index contributed by atoms with van der Waals surface area (Å²) in [6.45, 7) is 2.03. The molecule has 3 aliphatic rings. The maximum atomic E-state index is 12.5. The Bertz CT molecular complexity index is 659. The average molecular weight is 356 g/mol. The summed E-state index contributed by atoms with van der Waals surface area (Å²) in [5, 5.41) is 6.23. The molecule has 3 amide bonds. The van der Waals surface area contributed by atoms with Gasteiger partial charge in [-0.25, -0.2) is 4.79 Å². The lowest BCUT2D eigenvalue weighted by atomic mass is 9.96. The van der Waals surface area contributed by atoms with Gasteiger partial charge in [-0.2, -0.15) is 0 Å². The van der Waals surface area contributed by atoms with Crippen molar-refractivity contribution in [3.05, 3.63) is 30.1 Å². The summed E-state index contributed by atoms with van der Waals surface area (Å²) >= 11 is 0. The molecule has 2 saturated carbocycles. The number of nitrogens with one attached hydrogen (secondary N) is 2. The highest BCUT2D eigenvalue weighted by atomic mass is 16.2. The number of hydrogen-bond donors (Lipinski definition) is 2. The van der Waals surface area contributed by atoms with E-state index in [1.54, 1.807) is 12.4 Å². The normalized spacial score (nSPS) is 28.2. The van der Waals surface area contributed by atoms with Gasteiger partial charge in [0.15, 0.2) is 0 Å². The van der Waals surface area contributed by atoms with Crippen molar-refractivity contribution in [2.45, 2.75) is 57.5 Å². The van der Waals surface area contributed by atoms with Crippen molar-refractivity contribution < 1.29 is 9.59 Å². The third-order valence-corrected chi connectivity index (χ3v) is 6.33. The predicted octanol–water partition coefficient (Wildman–Crippen LogP) is 2.45. The third kappa shape index (κ3) is 3.69. The van der Waals surface area contributed by atoms with E-state index in [-0.39, 0.29) is 23.3 Å². The van der Waals surface area contributed by atoms with Crippen molar-refractivity contribution in [3.8, 4) is 0 Å². The van der Waals surface area contributed by atoms with Gasteiger partial charge in [-0.15, -0.1) is 0 Å². The van der Waals surface area contributed by atoms with Crippen molar-refractivity contribution in [3.63, 3.8) is 0 Å². The minimum absolute atomic E-state index is 0.0201. The Labute approximate surface area is 154 Å². The van der Waals surface area contributed by atoms with E-state index in [0.717, 1.165) is 44.3 Å². The van der Waals surface area contributed by atoms with Gasteiger partial charge >= 0.3 is 6.03 Å². The molecule has 6 heteroatoms. The lowest BCUT2D eigenvalue weighted by Crippen LogP contribution is -2.44. The molecule has 6 nitrogen and oxygen atoms in total. The molecule has 1 saturated heterocycles. The number of aromatic nitrogens is 1. The molecule has 3 fully saturated rings. The van der Waals surface area contributed by atoms with Crippen LogP contribution < -0.4 is 10.6 Å². The highest BCUT2D eigenvalue weighted by Gasteiger charge is 2.61. The summed E-state index contributed by atoms with van der Waals surface area (Å²) in [4.78, 5) is 30.9. The molecule has 0 bridgehead atoms. The smallest absolute Gasteiger partial charge is 0.317 e. The SMILES string of the molecule is O=C(NCc1ccncc1)[C@@H]1C[C@@]12CCN(C(=O)NC1CCCCC1)C2. The van der Waals surface area contributed by atoms with Crippen molar-refractivity contribution in [1.29, 1.82) is 0 Å². The summed E-state index contributed by atoms with van der Waals surface area (Å²) in [7, 11) is 0. The summed E-state index contributed by atoms with van der Waals surface area (Å²) in [5.74, 6) is 0.174. The van der Waals surface area contributed by atoms with E-state index in [1.165, 1.54) is 19.3 Å². The van der Waals surface area contributed by atoms with Gasteiger partial charge in [-0.05, 0) is 43.4 Å². The fraction of sp³-hybridized carbons (Fsp3) is 0.650. The standard InChI is InChI=1S/C20H28N4O2/c25-18(22-13-15-6-9-21-10-7-15)17-12-20(17)8-11-24(14-20)19(26)23-16-4-2-1-3-5-16/h6-7,9-10,16-17H,1-5,8,11-14H2,(H,22,25)(H,23,26)/t17-,20+/m0/s1. The van der Waals surface area contributed by atoms with Crippen LogP contribution in [-0.4, -0.2) is 41.0 Å². The van der Waals surface area contributed by atoms with Crippen molar-refractivity contribution in [2.24, 2.45) is 11.3 Å². The molecule has 1 aromatic rings. The Hall–Kier alpha value is -2.11. The zero-order valence-electron chi connectivity index (χ0n) is 15.2. The van der Waals surface area contributed by atoms with E-state index < -0.39 is 0 Å². The molecule has 0 radical (unpaired) electrons. The molecule has 2 N–H and O–H groups in total. The molecule has 4 rings (SSSR count). The van der Waals surface area contributed by atoms with Crippen LogP contribution in [0.15, 0.2) is 24.5 Å². The zero-order valence-corrected chi connectivity index (χ0v) is 15.2. The monoisotopic (exact) mass is 356 g/mol. The molecule has 26 heavy (non-hydrogen) atoms. The number of urea groups is 1. The molecule has 2 aliphatic carbocycles. The van der Waals surface area contributed by atoms with E-state index in [9.17, 15) is 9.59 Å². The molecular weight excluding hydrogens is 328 g/mol. The van der Waals surface area contributed by atoms with E-state index in [1.807, 2.05) is 17.0 Å². The van der Waals surface area contributed by atoms with Gasteiger partial charge in [0, 0.05) is 49.4 Å². The topological polar surface area (TPSA) is 74.3 Å². The molecule has 2 atom stereocenters. The summed E-state index contributed by atoms with van der Waals surface area (Å²) in [6.07, 6.45) is 11.2. The Morgan fingerprint density at radius 2 is 1.96 bits per heavy atom. The quantitative estimate of drug-likeness (QED) is 0.870. The van der Waals surface area contributed by atoms with Gasteiger partial charge < -0.3 is 15.5 Å². The molecule has 1 aromatic heterocycles. The van der Waals surface area contributed by atoms with Gasteiger partial charge in [0.25, 0.3) is 0 Å². The minimum Gasteiger partial charge on any atom is -0.352 e. The first-order chi connectivity index (χ1) is 12.7. The molecule has 1 spiro atoms. The van der Waals surface area contributed by atoms with Crippen LogP contribution >= 0.6 is 0 Å². The Morgan fingerprint density at radius 3 is 2.73 bits per heavy atom. The predicted molar refractivity (Wildman–Crippen MR) is 98.2 cm³/mol. The van der Waals surface area contributed by atoms with Gasteiger partial charge in [0.05, 0.1) is 0 Å². The third-order valence-electron chi connectivity index (χ3n) is 6.33. The Kier molecular flexibility index (Phi) is 4.83. The molecule has 2 heterocycles. The van der Waals surface area contributed by atoms with Crippen LogP contribution in [0.1, 0.15) is 50.5 Å². The summed E-state index contributed by atoms with van der Waals surface area (Å²) in [6, 6.07) is 4.23. The van der Waals surface area contributed by atoms with Crippen LogP contribution in [0.2, 0.25) is 0 Å². The maximum Gasteiger partial charge on any atom is 0.317 e.